The number of fused-ring (bicyclic) bond motifs is 1. The van der Waals surface area contributed by atoms with Gasteiger partial charge in [0.2, 0.25) is 0 Å². The monoisotopic (exact) mass is 487 g/mol. The first-order valence-corrected chi connectivity index (χ1v) is 12.8. The molecule has 1 aromatic carbocycles. The number of carbonyl (C=O) groups is 1. The van der Waals surface area contributed by atoms with Gasteiger partial charge in [-0.05, 0) is 49.4 Å². The second-order valence-corrected chi connectivity index (χ2v) is 10.8. The van der Waals surface area contributed by atoms with Crippen LogP contribution >= 0.6 is 0 Å². The van der Waals surface area contributed by atoms with Crippen molar-refractivity contribution in [3.63, 3.8) is 0 Å². The summed E-state index contributed by atoms with van der Waals surface area (Å²) in [6, 6.07) is 8.28. The highest BCUT2D eigenvalue weighted by atomic mass is 16.5. The summed E-state index contributed by atoms with van der Waals surface area (Å²) >= 11 is 0. The van der Waals surface area contributed by atoms with Crippen LogP contribution in [0.3, 0.4) is 0 Å². The number of carbonyl (C=O) groups excluding carboxylic acids is 1. The van der Waals surface area contributed by atoms with Crippen LogP contribution in [-0.2, 0) is 36.7 Å². The summed E-state index contributed by atoms with van der Waals surface area (Å²) in [4.78, 5) is 27.2. The van der Waals surface area contributed by atoms with E-state index in [1.54, 1.807) is 11.2 Å². The molecule has 1 amide bonds. The number of aryl methyl sites for hydroxylation is 2. The fraction of sp³-hybridized carbons (Fsp3) is 0.519. The Kier molecular flexibility index (Phi) is 5.84. The van der Waals surface area contributed by atoms with E-state index in [-0.39, 0.29) is 11.3 Å². The van der Waals surface area contributed by atoms with E-state index < -0.39 is 0 Å². The molecule has 2 aromatic heterocycles. The molecule has 5 heterocycles. The van der Waals surface area contributed by atoms with Crippen LogP contribution in [0.5, 0.6) is 0 Å². The maximum Gasteiger partial charge on any atom is 0.260 e. The Hall–Kier alpha value is -3.17. The molecule has 0 N–H and O–H groups in total. The van der Waals surface area contributed by atoms with Gasteiger partial charge in [0.05, 0.1) is 25.5 Å². The molecular formula is C27H33N7O2. The van der Waals surface area contributed by atoms with Crippen molar-refractivity contribution < 1.29 is 9.53 Å². The Morgan fingerprint density at radius 3 is 2.78 bits per heavy atom. The molecule has 0 radical (unpaired) electrons. The van der Waals surface area contributed by atoms with E-state index in [4.69, 9.17) is 4.74 Å². The number of likely N-dealkylation sites (tertiary alicyclic amines) is 1. The minimum atomic E-state index is -0.187. The number of piperidine rings is 1. The van der Waals surface area contributed by atoms with Gasteiger partial charge in [0.15, 0.2) is 0 Å². The van der Waals surface area contributed by atoms with Crippen molar-refractivity contribution in [2.75, 3.05) is 31.2 Å². The van der Waals surface area contributed by atoms with Crippen LogP contribution < -0.4 is 4.90 Å². The molecule has 3 aliphatic heterocycles. The highest BCUT2D eigenvalue weighted by molar-refractivity contribution is 6.09. The van der Waals surface area contributed by atoms with Crippen LogP contribution in [-0.4, -0.2) is 61.8 Å². The van der Waals surface area contributed by atoms with Crippen LogP contribution in [0.2, 0.25) is 0 Å². The third-order valence-electron chi connectivity index (χ3n) is 7.87. The maximum absolute atomic E-state index is 13.6. The van der Waals surface area contributed by atoms with Crippen LogP contribution in [0, 0.1) is 12.8 Å². The first kappa shape index (κ1) is 23.2. The van der Waals surface area contributed by atoms with Crippen molar-refractivity contribution >= 4 is 11.7 Å². The van der Waals surface area contributed by atoms with Gasteiger partial charge in [-0.25, -0.2) is 9.97 Å². The van der Waals surface area contributed by atoms with Gasteiger partial charge < -0.3 is 9.30 Å². The number of hydrogen-bond acceptors (Lipinski definition) is 7. The molecule has 2 saturated heterocycles. The Balaban J connectivity index is 1.24. The third kappa shape index (κ3) is 4.20. The van der Waals surface area contributed by atoms with Crippen molar-refractivity contribution in [2.24, 2.45) is 13.0 Å². The molecule has 2 fully saturated rings. The van der Waals surface area contributed by atoms with Crippen LogP contribution in [0.1, 0.15) is 58.6 Å². The molecule has 188 valence electrons. The molecule has 0 saturated carbocycles. The van der Waals surface area contributed by atoms with Gasteiger partial charge in [-0.3, -0.25) is 14.6 Å². The Bertz CT molecular complexity index is 1300. The number of amides is 1. The van der Waals surface area contributed by atoms with E-state index in [9.17, 15) is 4.79 Å². The zero-order valence-electron chi connectivity index (χ0n) is 21.3. The first-order valence-electron chi connectivity index (χ1n) is 12.8. The minimum Gasteiger partial charge on any atom is -0.379 e. The number of benzene rings is 1. The van der Waals surface area contributed by atoms with Crippen molar-refractivity contribution in [1.29, 1.82) is 0 Å². The molecule has 9 heteroatoms. The molecule has 3 aliphatic rings. The number of ether oxygens (including phenoxy) is 1. The molecule has 0 unspecified atom stereocenters. The third-order valence-corrected chi connectivity index (χ3v) is 7.87. The summed E-state index contributed by atoms with van der Waals surface area (Å²) in [6.07, 6.45) is 4.96. The predicted molar refractivity (Wildman–Crippen MR) is 135 cm³/mol. The quantitative estimate of drug-likeness (QED) is 0.528. The van der Waals surface area contributed by atoms with E-state index in [2.05, 4.69) is 50.2 Å². The maximum atomic E-state index is 13.6. The van der Waals surface area contributed by atoms with E-state index >= 15 is 0 Å². The summed E-state index contributed by atoms with van der Waals surface area (Å²) in [5.41, 5.74) is 3.68. The van der Waals surface area contributed by atoms with E-state index in [1.807, 2.05) is 24.6 Å². The zero-order chi connectivity index (χ0) is 24.9. The van der Waals surface area contributed by atoms with Gasteiger partial charge in [-0.2, -0.15) is 0 Å². The number of nitrogens with zero attached hydrogens (tertiary/aromatic N) is 7. The molecule has 36 heavy (non-hydrogen) atoms. The van der Waals surface area contributed by atoms with Crippen molar-refractivity contribution in [3.8, 4) is 0 Å². The summed E-state index contributed by atoms with van der Waals surface area (Å²) in [5, 5.41) is 8.30. The van der Waals surface area contributed by atoms with E-state index in [1.165, 1.54) is 12.8 Å². The van der Waals surface area contributed by atoms with Gasteiger partial charge >= 0.3 is 0 Å². The minimum absolute atomic E-state index is 0.00320. The second-order valence-electron chi connectivity index (χ2n) is 10.8. The number of hydrogen-bond donors (Lipinski definition) is 0. The lowest BCUT2D eigenvalue weighted by molar-refractivity contribution is -0.0611. The Morgan fingerprint density at radius 2 is 2.06 bits per heavy atom. The number of aromatic nitrogens is 5. The Morgan fingerprint density at radius 1 is 1.19 bits per heavy atom. The van der Waals surface area contributed by atoms with Crippen LogP contribution in [0.4, 0.5) is 5.82 Å². The van der Waals surface area contributed by atoms with E-state index in [0.29, 0.717) is 37.3 Å². The molecule has 9 nitrogen and oxygen atoms in total. The van der Waals surface area contributed by atoms with E-state index in [0.717, 1.165) is 54.3 Å². The molecule has 0 bridgehead atoms. The first-order chi connectivity index (χ1) is 17.4. The summed E-state index contributed by atoms with van der Waals surface area (Å²) in [7, 11) is 1.95. The normalized spacial score (nSPS) is 21.5. The molecular weight excluding hydrogens is 454 g/mol. The van der Waals surface area contributed by atoms with Crippen molar-refractivity contribution in [1.82, 2.24) is 29.6 Å². The smallest absolute Gasteiger partial charge is 0.260 e. The zero-order valence-corrected chi connectivity index (χ0v) is 21.3. The van der Waals surface area contributed by atoms with Crippen molar-refractivity contribution in [3.05, 3.63) is 64.6 Å². The largest absolute Gasteiger partial charge is 0.379 e. The summed E-state index contributed by atoms with van der Waals surface area (Å²) < 4.78 is 7.58. The van der Waals surface area contributed by atoms with Gasteiger partial charge in [-0.1, -0.05) is 19.1 Å². The van der Waals surface area contributed by atoms with Crippen LogP contribution in [0.25, 0.3) is 0 Å². The second kappa shape index (κ2) is 9.05. The average Bonchev–Trinajstić information content (AvgIpc) is 3.38. The lowest BCUT2D eigenvalue weighted by Gasteiger charge is -2.41. The SMILES string of the molecule is Cc1nc(CN2CCC[C@H](C)C2)cc(N2Cc3ccc(C4(Cc5nncn5C)COC4)cc3C2=O)n1. The van der Waals surface area contributed by atoms with Crippen molar-refractivity contribution in [2.45, 2.75) is 51.6 Å². The molecule has 6 rings (SSSR count). The standard InChI is InChI=1S/C27H33N7O2/c1-18-5-4-8-33(12-18)14-22-10-24(30-19(2)29-22)34-13-20-6-7-21(9-23(20)26(34)35)27(15-36-16-27)11-25-31-28-17-32(25)3/h6-7,9-10,17-18H,4-5,8,11-16H2,1-3H3/t18-/m0/s1. The summed E-state index contributed by atoms with van der Waals surface area (Å²) in [6.45, 7) is 8.95. The lowest BCUT2D eigenvalue weighted by Crippen LogP contribution is -2.49. The highest BCUT2D eigenvalue weighted by Crippen LogP contribution is 2.38. The summed E-state index contributed by atoms with van der Waals surface area (Å²) in [5.74, 6) is 3.01. The van der Waals surface area contributed by atoms with Gasteiger partial charge in [-0.15, -0.1) is 10.2 Å². The number of rotatable bonds is 6. The molecule has 3 aromatic rings. The predicted octanol–water partition coefficient (Wildman–Crippen LogP) is 2.82. The lowest BCUT2D eigenvalue weighted by atomic mass is 9.75. The average molecular weight is 488 g/mol. The topological polar surface area (TPSA) is 89.3 Å². The fourth-order valence-electron chi connectivity index (χ4n) is 5.80. The molecule has 0 aliphatic carbocycles. The molecule has 1 atom stereocenters. The van der Waals surface area contributed by atoms with Gasteiger partial charge in [0.25, 0.3) is 5.91 Å². The van der Waals surface area contributed by atoms with Crippen LogP contribution in [0.15, 0.2) is 30.6 Å². The number of anilines is 1. The highest BCUT2D eigenvalue weighted by Gasteiger charge is 2.43. The van der Waals surface area contributed by atoms with Gasteiger partial charge in [0, 0.05) is 43.6 Å². The Labute approximate surface area is 211 Å². The van der Waals surface area contributed by atoms with Gasteiger partial charge in [0.1, 0.15) is 23.8 Å². The molecule has 0 spiro atoms. The fourth-order valence-corrected chi connectivity index (χ4v) is 5.80.